The summed E-state index contributed by atoms with van der Waals surface area (Å²) < 4.78 is 33.1. The van der Waals surface area contributed by atoms with Gasteiger partial charge in [-0.3, -0.25) is 4.79 Å². The number of nitrogens with zero attached hydrogens (tertiary/aromatic N) is 2. The Morgan fingerprint density at radius 1 is 1.31 bits per heavy atom. The van der Waals surface area contributed by atoms with E-state index in [1.807, 2.05) is 0 Å². The molecule has 150 valence electrons. The van der Waals surface area contributed by atoms with Gasteiger partial charge in [0.15, 0.2) is 11.6 Å². The molecule has 1 aromatic carbocycles. The fraction of sp³-hybridized carbons (Fsp3) is 0.211. The van der Waals surface area contributed by atoms with E-state index in [1.54, 1.807) is 13.0 Å². The summed E-state index contributed by atoms with van der Waals surface area (Å²) in [5.74, 6) is -2.09. The predicted octanol–water partition coefficient (Wildman–Crippen LogP) is 3.91. The molecule has 3 amide bonds. The minimum absolute atomic E-state index is 0.00539. The highest BCUT2D eigenvalue weighted by Gasteiger charge is 2.46. The number of amides is 3. The Kier molecular flexibility index (Phi) is 4.95. The molecule has 0 saturated carbocycles. The molecular formula is C19H14ClF2N3O3S. The Hall–Kier alpha value is -2.65. The number of imide groups is 1. The third-order valence-corrected chi connectivity index (χ3v) is 6.35. The number of nitrogens with one attached hydrogen (secondary N) is 1. The summed E-state index contributed by atoms with van der Waals surface area (Å²) >= 11 is 7.33. The van der Waals surface area contributed by atoms with Gasteiger partial charge in [0.1, 0.15) is 10.9 Å². The zero-order valence-electron chi connectivity index (χ0n) is 15.2. The molecule has 29 heavy (non-hydrogen) atoms. The Morgan fingerprint density at radius 3 is 2.76 bits per heavy atom. The first-order valence-electron chi connectivity index (χ1n) is 8.49. The number of aryl methyl sites for hydroxylation is 1. The van der Waals surface area contributed by atoms with Gasteiger partial charge in [-0.2, -0.15) is 4.39 Å². The molecule has 1 N–H and O–H groups in total. The van der Waals surface area contributed by atoms with Gasteiger partial charge in [0.05, 0.1) is 18.2 Å². The van der Waals surface area contributed by atoms with E-state index >= 15 is 0 Å². The molecule has 2 aliphatic rings. The summed E-state index contributed by atoms with van der Waals surface area (Å²) in [6.45, 7) is 1.59. The molecule has 2 aliphatic heterocycles. The van der Waals surface area contributed by atoms with Crippen molar-refractivity contribution in [3.8, 4) is 5.75 Å². The maximum absolute atomic E-state index is 14.3. The monoisotopic (exact) mass is 437 g/mol. The van der Waals surface area contributed by atoms with Crippen molar-refractivity contribution < 1.29 is 23.1 Å². The molecule has 0 aliphatic carbocycles. The van der Waals surface area contributed by atoms with Crippen LogP contribution in [0.15, 0.2) is 30.5 Å². The van der Waals surface area contributed by atoms with Crippen molar-refractivity contribution in [3.05, 3.63) is 58.4 Å². The van der Waals surface area contributed by atoms with E-state index < -0.39 is 35.0 Å². The normalized spacial score (nSPS) is 21.0. The summed E-state index contributed by atoms with van der Waals surface area (Å²) in [4.78, 5) is 30.5. The van der Waals surface area contributed by atoms with E-state index in [9.17, 15) is 18.4 Å². The van der Waals surface area contributed by atoms with E-state index in [4.69, 9.17) is 16.3 Å². The zero-order valence-corrected chi connectivity index (χ0v) is 16.8. The maximum atomic E-state index is 14.3. The van der Waals surface area contributed by atoms with Crippen LogP contribution in [0.1, 0.15) is 11.1 Å². The van der Waals surface area contributed by atoms with Crippen molar-refractivity contribution in [3.63, 3.8) is 0 Å². The van der Waals surface area contributed by atoms with Crippen LogP contribution in [0.5, 0.6) is 5.75 Å². The number of pyridine rings is 1. The fourth-order valence-corrected chi connectivity index (χ4v) is 4.88. The molecule has 2 atom stereocenters. The number of urea groups is 1. The number of anilines is 1. The Labute approximate surface area is 173 Å². The lowest BCUT2D eigenvalue weighted by Gasteiger charge is -2.33. The van der Waals surface area contributed by atoms with E-state index in [-0.39, 0.29) is 16.5 Å². The molecule has 0 radical (unpaired) electrons. The van der Waals surface area contributed by atoms with Gasteiger partial charge in [0.2, 0.25) is 5.95 Å². The molecule has 1 fully saturated rings. The maximum Gasteiger partial charge on any atom is 0.329 e. The van der Waals surface area contributed by atoms with Crippen molar-refractivity contribution in [2.75, 3.05) is 12.0 Å². The topological polar surface area (TPSA) is 71.5 Å². The van der Waals surface area contributed by atoms with E-state index in [0.717, 1.165) is 22.7 Å². The number of carbonyl (C=O) groups excluding carboxylic acids is 2. The van der Waals surface area contributed by atoms with E-state index in [1.165, 1.54) is 25.4 Å². The average molecular weight is 438 g/mol. The number of halogens is 3. The van der Waals surface area contributed by atoms with Crippen molar-refractivity contribution in [1.29, 1.82) is 0 Å². The van der Waals surface area contributed by atoms with Gasteiger partial charge in [-0.25, -0.2) is 19.1 Å². The molecule has 4 rings (SSSR count). The molecule has 6 nitrogen and oxygen atoms in total. The van der Waals surface area contributed by atoms with Crippen LogP contribution in [0.3, 0.4) is 0 Å². The van der Waals surface area contributed by atoms with Crippen molar-refractivity contribution in [1.82, 2.24) is 10.3 Å². The molecule has 10 heteroatoms. The van der Waals surface area contributed by atoms with Gasteiger partial charge in [-0.15, -0.1) is 11.8 Å². The van der Waals surface area contributed by atoms with Crippen LogP contribution < -0.4 is 15.0 Å². The number of ether oxygens (including phenoxy) is 1. The molecular weight excluding hydrogens is 424 g/mol. The summed E-state index contributed by atoms with van der Waals surface area (Å²) in [7, 11) is 1.33. The van der Waals surface area contributed by atoms with Crippen LogP contribution in [0.2, 0.25) is 5.02 Å². The minimum atomic E-state index is -0.908. The molecule has 3 heterocycles. The number of fused-ring (bicyclic) bond motifs is 1. The van der Waals surface area contributed by atoms with Crippen LogP contribution in [0.25, 0.3) is 4.91 Å². The van der Waals surface area contributed by atoms with Crippen LogP contribution in [-0.2, 0) is 4.79 Å². The third kappa shape index (κ3) is 3.24. The standard InChI is InChI=1S/C19H14ClF2N3O3S/c1-8-3-4-23-17(22)15(8)25-18(26)16-12(24-19(25)27)7-14(29-16)9-5-13(28-2)11(21)6-10(9)20/h3-7,12,16H,1-2H3,(H,24,27). The lowest BCUT2D eigenvalue weighted by molar-refractivity contribution is -0.118. The molecule has 1 aromatic heterocycles. The molecule has 2 unspecified atom stereocenters. The minimum Gasteiger partial charge on any atom is -0.494 e. The number of thioether (sulfide) groups is 1. The van der Waals surface area contributed by atoms with Crippen LogP contribution in [0, 0.1) is 18.7 Å². The second kappa shape index (κ2) is 7.31. The average Bonchev–Trinajstić information content (AvgIpc) is 3.08. The van der Waals surface area contributed by atoms with Gasteiger partial charge >= 0.3 is 6.03 Å². The quantitative estimate of drug-likeness (QED) is 0.737. The van der Waals surface area contributed by atoms with Crippen molar-refractivity contribution >= 4 is 45.9 Å². The molecule has 1 saturated heterocycles. The van der Waals surface area contributed by atoms with Gasteiger partial charge in [0.25, 0.3) is 5.91 Å². The molecule has 0 bridgehead atoms. The summed E-state index contributed by atoms with van der Waals surface area (Å²) in [6.07, 6.45) is 2.94. The smallest absolute Gasteiger partial charge is 0.329 e. The highest BCUT2D eigenvalue weighted by molar-refractivity contribution is 8.09. The van der Waals surface area contributed by atoms with Crippen LogP contribution in [0.4, 0.5) is 19.3 Å². The first-order chi connectivity index (χ1) is 13.8. The van der Waals surface area contributed by atoms with Gasteiger partial charge in [-0.05, 0) is 36.8 Å². The Bertz CT molecular complexity index is 1060. The third-order valence-electron chi connectivity index (χ3n) is 4.68. The number of carbonyl (C=O) groups is 2. The Balaban J connectivity index is 1.69. The van der Waals surface area contributed by atoms with Crippen LogP contribution in [-0.4, -0.2) is 35.3 Å². The SMILES string of the molecule is COc1cc(C2=CC3NC(=O)N(c4c(C)ccnc4F)C(=O)C3S2)c(Cl)cc1F. The van der Waals surface area contributed by atoms with Gasteiger partial charge < -0.3 is 10.1 Å². The first kappa shape index (κ1) is 19.7. The van der Waals surface area contributed by atoms with E-state index in [2.05, 4.69) is 10.3 Å². The summed E-state index contributed by atoms with van der Waals surface area (Å²) in [6, 6.07) is 2.72. The first-order valence-corrected chi connectivity index (χ1v) is 9.75. The lowest BCUT2D eigenvalue weighted by Crippen LogP contribution is -2.60. The van der Waals surface area contributed by atoms with Crippen molar-refractivity contribution in [2.45, 2.75) is 18.2 Å². The van der Waals surface area contributed by atoms with Crippen molar-refractivity contribution in [2.24, 2.45) is 0 Å². The number of methoxy groups -OCH3 is 1. The molecule has 0 spiro atoms. The highest BCUT2D eigenvalue weighted by Crippen LogP contribution is 2.45. The van der Waals surface area contributed by atoms with E-state index in [0.29, 0.717) is 16.0 Å². The summed E-state index contributed by atoms with van der Waals surface area (Å²) in [5.41, 5.74) is 0.701. The zero-order chi connectivity index (χ0) is 20.9. The van der Waals surface area contributed by atoms with Crippen LogP contribution >= 0.6 is 23.4 Å². The number of rotatable bonds is 3. The summed E-state index contributed by atoms with van der Waals surface area (Å²) in [5, 5.41) is 2.11. The number of benzene rings is 1. The highest BCUT2D eigenvalue weighted by atomic mass is 35.5. The second-order valence-corrected chi connectivity index (χ2v) is 8.04. The lowest BCUT2D eigenvalue weighted by atomic mass is 10.1. The van der Waals surface area contributed by atoms with Gasteiger partial charge in [0, 0.05) is 16.7 Å². The molecule has 2 aromatic rings. The second-order valence-electron chi connectivity index (χ2n) is 6.45. The number of hydrogen-bond acceptors (Lipinski definition) is 5. The number of aromatic nitrogens is 1. The largest absolute Gasteiger partial charge is 0.494 e. The van der Waals surface area contributed by atoms with Gasteiger partial charge in [-0.1, -0.05) is 11.6 Å². The number of hydrogen-bond donors (Lipinski definition) is 1. The Morgan fingerprint density at radius 2 is 2.07 bits per heavy atom. The fourth-order valence-electron chi connectivity index (χ4n) is 3.28. The predicted molar refractivity (Wildman–Crippen MR) is 106 cm³/mol.